The van der Waals surface area contributed by atoms with Gasteiger partial charge in [-0.15, -0.1) is 0 Å². The minimum atomic E-state index is 0.0869. The van der Waals surface area contributed by atoms with E-state index in [0.29, 0.717) is 19.4 Å². The molecule has 0 fully saturated rings. The Morgan fingerprint density at radius 1 is 1.12 bits per heavy atom. The molecule has 0 atom stereocenters. The number of nitrogens with zero attached hydrogens (tertiary/aromatic N) is 1. The van der Waals surface area contributed by atoms with Gasteiger partial charge in [-0.2, -0.15) is 5.26 Å². The van der Waals surface area contributed by atoms with Gasteiger partial charge in [-0.05, 0) is 6.42 Å². The monoisotopic (exact) mass is 224 g/mol. The number of unbranched alkanes of at least 4 members (excludes halogenated alkanes) is 6. The average molecular weight is 224 g/mol. The van der Waals surface area contributed by atoms with E-state index in [4.69, 9.17) is 5.26 Å². The molecule has 0 heterocycles. The van der Waals surface area contributed by atoms with Gasteiger partial charge >= 0.3 is 0 Å². The van der Waals surface area contributed by atoms with Gasteiger partial charge in [-0.1, -0.05) is 45.4 Å². The first-order chi connectivity index (χ1) is 7.81. The van der Waals surface area contributed by atoms with E-state index in [-0.39, 0.29) is 5.91 Å². The normalized spacial score (nSPS) is 9.75. The number of rotatable bonds is 10. The fraction of sp³-hybridized carbons (Fsp3) is 0.846. The SMILES string of the molecule is CCCCCCCCCC(=O)NCCC#N. The number of hydrogen-bond acceptors (Lipinski definition) is 2. The van der Waals surface area contributed by atoms with Crippen molar-refractivity contribution in [1.82, 2.24) is 5.32 Å². The summed E-state index contributed by atoms with van der Waals surface area (Å²) in [5, 5.41) is 11.0. The zero-order chi connectivity index (χ0) is 12.1. The molecule has 0 rings (SSSR count). The summed E-state index contributed by atoms with van der Waals surface area (Å²) < 4.78 is 0. The van der Waals surface area contributed by atoms with Gasteiger partial charge in [0.05, 0.1) is 12.5 Å². The molecule has 0 aliphatic carbocycles. The van der Waals surface area contributed by atoms with Gasteiger partial charge < -0.3 is 5.32 Å². The van der Waals surface area contributed by atoms with Gasteiger partial charge in [0.25, 0.3) is 0 Å². The second-order valence-electron chi connectivity index (χ2n) is 4.13. The Morgan fingerprint density at radius 2 is 1.75 bits per heavy atom. The summed E-state index contributed by atoms with van der Waals surface area (Å²) in [6.45, 7) is 2.71. The smallest absolute Gasteiger partial charge is 0.220 e. The van der Waals surface area contributed by atoms with Gasteiger partial charge in [-0.3, -0.25) is 4.79 Å². The lowest BCUT2D eigenvalue weighted by atomic mass is 10.1. The van der Waals surface area contributed by atoms with Crippen LogP contribution < -0.4 is 5.32 Å². The van der Waals surface area contributed by atoms with Crippen LogP contribution >= 0.6 is 0 Å². The zero-order valence-corrected chi connectivity index (χ0v) is 10.4. The van der Waals surface area contributed by atoms with Crippen LogP contribution in [0.2, 0.25) is 0 Å². The maximum absolute atomic E-state index is 11.2. The number of hydrogen-bond donors (Lipinski definition) is 1. The molecule has 0 saturated heterocycles. The molecule has 0 aromatic rings. The van der Waals surface area contributed by atoms with Crippen molar-refractivity contribution in [3.8, 4) is 6.07 Å². The third-order valence-electron chi connectivity index (χ3n) is 2.57. The van der Waals surface area contributed by atoms with Crippen molar-refractivity contribution in [2.75, 3.05) is 6.54 Å². The number of carbonyl (C=O) groups is 1. The molecule has 0 aliphatic rings. The molecule has 3 nitrogen and oxygen atoms in total. The lowest BCUT2D eigenvalue weighted by Crippen LogP contribution is -2.23. The molecule has 0 bridgehead atoms. The first-order valence-electron chi connectivity index (χ1n) is 6.45. The first-order valence-corrected chi connectivity index (χ1v) is 6.45. The lowest BCUT2D eigenvalue weighted by molar-refractivity contribution is -0.121. The van der Waals surface area contributed by atoms with Crippen LogP contribution in [0.3, 0.4) is 0 Å². The Hall–Kier alpha value is -1.04. The molecule has 0 saturated carbocycles. The molecular formula is C13H24N2O. The summed E-state index contributed by atoms with van der Waals surface area (Å²) in [7, 11) is 0. The van der Waals surface area contributed by atoms with Crippen molar-refractivity contribution in [3.63, 3.8) is 0 Å². The molecule has 0 spiro atoms. The predicted molar refractivity (Wildman–Crippen MR) is 65.8 cm³/mol. The fourth-order valence-electron chi connectivity index (χ4n) is 1.59. The molecule has 0 radical (unpaired) electrons. The highest BCUT2D eigenvalue weighted by molar-refractivity contribution is 5.75. The van der Waals surface area contributed by atoms with Crippen LogP contribution in [0.15, 0.2) is 0 Å². The van der Waals surface area contributed by atoms with Gasteiger partial charge in [0.2, 0.25) is 5.91 Å². The van der Waals surface area contributed by atoms with Crippen LogP contribution in [0.4, 0.5) is 0 Å². The summed E-state index contributed by atoms with van der Waals surface area (Å²) in [4.78, 5) is 11.2. The van der Waals surface area contributed by atoms with Crippen molar-refractivity contribution in [2.24, 2.45) is 0 Å². The Bertz CT molecular complexity index is 208. The van der Waals surface area contributed by atoms with Crippen molar-refractivity contribution in [2.45, 2.75) is 64.7 Å². The molecule has 3 heteroatoms. The largest absolute Gasteiger partial charge is 0.355 e. The average Bonchev–Trinajstić information content (AvgIpc) is 2.28. The number of amides is 1. The third-order valence-corrected chi connectivity index (χ3v) is 2.57. The third kappa shape index (κ3) is 11.0. The van der Waals surface area contributed by atoms with Crippen LogP contribution in [0.25, 0.3) is 0 Å². The lowest BCUT2D eigenvalue weighted by Gasteiger charge is -2.02. The second-order valence-corrected chi connectivity index (χ2v) is 4.13. The summed E-state index contributed by atoms with van der Waals surface area (Å²) in [5.74, 6) is 0.0869. The molecule has 92 valence electrons. The summed E-state index contributed by atoms with van der Waals surface area (Å²) in [6.07, 6.45) is 9.61. The van der Waals surface area contributed by atoms with Crippen LogP contribution in [-0.4, -0.2) is 12.5 Å². The Labute approximate surface area is 99.2 Å². The van der Waals surface area contributed by atoms with E-state index in [0.717, 1.165) is 12.8 Å². The molecule has 0 unspecified atom stereocenters. The molecule has 1 amide bonds. The highest BCUT2D eigenvalue weighted by atomic mass is 16.1. The van der Waals surface area contributed by atoms with Gasteiger partial charge in [0.1, 0.15) is 0 Å². The van der Waals surface area contributed by atoms with E-state index in [2.05, 4.69) is 12.2 Å². The number of nitriles is 1. The summed E-state index contributed by atoms with van der Waals surface area (Å²) in [5.41, 5.74) is 0. The Kier molecular flexibility index (Phi) is 11.2. The standard InChI is InChI=1S/C13H24N2O/c1-2-3-4-5-6-7-8-10-13(16)15-12-9-11-14/h2-10,12H2,1H3,(H,15,16). The van der Waals surface area contributed by atoms with Crippen LogP contribution in [0.1, 0.15) is 64.7 Å². The second kappa shape index (κ2) is 12.0. The quantitative estimate of drug-likeness (QED) is 0.579. The molecular weight excluding hydrogens is 200 g/mol. The van der Waals surface area contributed by atoms with Crippen LogP contribution in [0.5, 0.6) is 0 Å². The van der Waals surface area contributed by atoms with Gasteiger partial charge in [-0.25, -0.2) is 0 Å². The Morgan fingerprint density at radius 3 is 2.38 bits per heavy atom. The van der Waals surface area contributed by atoms with E-state index in [1.54, 1.807) is 0 Å². The molecule has 0 aromatic carbocycles. The van der Waals surface area contributed by atoms with E-state index in [1.807, 2.05) is 6.07 Å². The minimum Gasteiger partial charge on any atom is -0.355 e. The molecule has 1 N–H and O–H groups in total. The minimum absolute atomic E-state index is 0.0869. The number of nitrogens with one attached hydrogen (secondary N) is 1. The maximum atomic E-state index is 11.2. The Balaban J connectivity index is 3.12. The van der Waals surface area contributed by atoms with Crippen molar-refractivity contribution >= 4 is 5.91 Å². The van der Waals surface area contributed by atoms with Gasteiger partial charge in [0, 0.05) is 13.0 Å². The van der Waals surface area contributed by atoms with E-state index < -0.39 is 0 Å². The van der Waals surface area contributed by atoms with Crippen LogP contribution in [0, 0.1) is 11.3 Å². The molecule has 0 aromatic heterocycles. The maximum Gasteiger partial charge on any atom is 0.220 e. The summed E-state index contributed by atoms with van der Waals surface area (Å²) in [6, 6.07) is 2.00. The summed E-state index contributed by atoms with van der Waals surface area (Å²) >= 11 is 0. The van der Waals surface area contributed by atoms with E-state index in [1.165, 1.54) is 32.1 Å². The van der Waals surface area contributed by atoms with E-state index >= 15 is 0 Å². The number of carbonyl (C=O) groups excluding carboxylic acids is 1. The topological polar surface area (TPSA) is 52.9 Å². The highest BCUT2D eigenvalue weighted by Crippen LogP contribution is 2.08. The fourth-order valence-corrected chi connectivity index (χ4v) is 1.59. The molecule has 16 heavy (non-hydrogen) atoms. The molecule has 0 aliphatic heterocycles. The van der Waals surface area contributed by atoms with Crippen molar-refractivity contribution in [3.05, 3.63) is 0 Å². The predicted octanol–water partition coefficient (Wildman–Crippen LogP) is 3.16. The van der Waals surface area contributed by atoms with Crippen molar-refractivity contribution in [1.29, 1.82) is 5.26 Å². The zero-order valence-electron chi connectivity index (χ0n) is 10.4. The van der Waals surface area contributed by atoms with Gasteiger partial charge in [0.15, 0.2) is 0 Å². The van der Waals surface area contributed by atoms with Crippen LogP contribution in [-0.2, 0) is 4.79 Å². The first kappa shape index (κ1) is 15.0. The van der Waals surface area contributed by atoms with E-state index in [9.17, 15) is 4.79 Å². The highest BCUT2D eigenvalue weighted by Gasteiger charge is 1.99. The van der Waals surface area contributed by atoms with Crippen molar-refractivity contribution < 1.29 is 4.79 Å².